The number of hydrogen-bond acceptors (Lipinski definition) is 3. The van der Waals surface area contributed by atoms with Crippen molar-refractivity contribution in [1.29, 1.82) is 0 Å². The monoisotopic (exact) mass is 326 g/mol. The first-order valence-corrected chi connectivity index (χ1v) is 9.37. The quantitative estimate of drug-likeness (QED) is 0.575. The molecule has 1 aromatic carbocycles. The molecule has 1 unspecified atom stereocenters. The molecule has 3 nitrogen and oxygen atoms in total. The highest BCUT2D eigenvalue weighted by molar-refractivity contribution is 6.20. The maximum absolute atomic E-state index is 12.5. The Hall–Kier alpha value is -1.61. The molecule has 0 N–H and O–H groups in total. The minimum absolute atomic E-state index is 0.222. The summed E-state index contributed by atoms with van der Waals surface area (Å²) < 4.78 is 12.2. The molecule has 0 bridgehead atoms. The molecular weight excluding hydrogens is 300 g/mol. The van der Waals surface area contributed by atoms with Gasteiger partial charge in [0.05, 0.1) is 11.7 Å². The Morgan fingerprint density at radius 2 is 1.71 bits per heavy atom. The molecule has 2 aliphatic heterocycles. The Labute approximate surface area is 144 Å². The fourth-order valence-corrected chi connectivity index (χ4v) is 4.63. The van der Waals surface area contributed by atoms with Crippen LogP contribution in [0.2, 0.25) is 0 Å². The summed E-state index contributed by atoms with van der Waals surface area (Å²) in [4.78, 5) is 12.5. The summed E-state index contributed by atoms with van der Waals surface area (Å²) >= 11 is 0. The van der Waals surface area contributed by atoms with Crippen LogP contribution in [0, 0.1) is 5.92 Å². The van der Waals surface area contributed by atoms with Gasteiger partial charge in [0.2, 0.25) is 5.79 Å². The van der Waals surface area contributed by atoms with Gasteiger partial charge in [-0.05, 0) is 37.2 Å². The van der Waals surface area contributed by atoms with Gasteiger partial charge in [-0.3, -0.25) is 0 Å². The van der Waals surface area contributed by atoms with Gasteiger partial charge in [0.25, 0.3) is 0 Å². The molecule has 1 saturated heterocycles. The number of carbonyl (C=O) groups excluding carboxylic acids is 1. The lowest BCUT2D eigenvalue weighted by molar-refractivity contribution is -0.231. The van der Waals surface area contributed by atoms with Gasteiger partial charge in [-0.1, -0.05) is 56.0 Å². The zero-order chi connectivity index (χ0) is 16.6. The molecule has 24 heavy (non-hydrogen) atoms. The van der Waals surface area contributed by atoms with E-state index in [0.717, 1.165) is 29.6 Å². The Kier molecular flexibility index (Phi) is 4.21. The fraction of sp³-hybridized carbons (Fsp3) is 0.571. The highest BCUT2D eigenvalue weighted by Crippen LogP contribution is 2.47. The minimum Gasteiger partial charge on any atom is -0.426 e. The predicted octanol–water partition coefficient (Wildman–Crippen LogP) is 4.86. The van der Waals surface area contributed by atoms with Crippen LogP contribution < -0.4 is 0 Å². The summed E-state index contributed by atoms with van der Waals surface area (Å²) in [5.74, 6) is -0.483. The van der Waals surface area contributed by atoms with Crippen molar-refractivity contribution in [2.24, 2.45) is 5.92 Å². The van der Waals surface area contributed by atoms with E-state index >= 15 is 0 Å². The number of fused-ring (bicyclic) bond motifs is 1. The predicted molar refractivity (Wildman–Crippen MR) is 93.2 cm³/mol. The Morgan fingerprint density at radius 1 is 1.00 bits per heavy atom. The maximum Gasteiger partial charge on any atom is 0.341 e. The summed E-state index contributed by atoms with van der Waals surface area (Å²) in [5.41, 5.74) is 2.69. The zero-order valence-corrected chi connectivity index (χ0v) is 14.4. The molecule has 1 aliphatic carbocycles. The molecule has 1 aromatic rings. The highest BCUT2D eigenvalue weighted by Gasteiger charge is 2.50. The van der Waals surface area contributed by atoms with Gasteiger partial charge in [0.1, 0.15) is 0 Å². The maximum atomic E-state index is 12.5. The van der Waals surface area contributed by atoms with Gasteiger partial charge >= 0.3 is 5.97 Å². The molecule has 2 heterocycles. The van der Waals surface area contributed by atoms with Crippen molar-refractivity contribution in [2.45, 2.75) is 70.2 Å². The van der Waals surface area contributed by atoms with Gasteiger partial charge in [-0.25, -0.2) is 4.79 Å². The van der Waals surface area contributed by atoms with Crippen molar-refractivity contribution in [3.05, 3.63) is 41.5 Å². The SMILES string of the molecule is C[C@]12OC(=O)C(c3ccccc3)=C1CCC(C1CCCCCC1)O2. The van der Waals surface area contributed by atoms with Gasteiger partial charge in [0.15, 0.2) is 0 Å². The van der Waals surface area contributed by atoms with E-state index in [9.17, 15) is 4.79 Å². The van der Waals surface area contributed by atoms with Crippen LogP contribution >= 0.6 is 0 Å². The lowest BCUT2D eigenvalue weighted by Crippen LogP contribution is -2.43. The van der Waals surface area contributed by atoms with Crippen molar-refractivity contribution in [3.8, 4) is 0 Å². The van der Waals surface area contributed by atoms with E-state index in [1.165, 1.54) is 38.5 Å². The van der Waals surface area contributed by atoms with Crippen molar-refractivity contribution < 1.29 is 14.3 Å². The number of benzene rings is 1. The molecule has 0 amide bonds. The number of hydrogen-bond donors (Lipinski definition) is 0. The van der Waals surface area contributed by atoms with E-state index in [0.29, 0.717) is 5.92 Å². The first-order valence-electron chi connectivity index (χ1n) is 9.37. The van der Waals surface area contributed by atoms with Crippen LogP contribution in [0.5, 0.6) is 0 Å². The molecule has 128 valence electrons. The van der Waals surface area contributed by atoms with Crippen LogP contribution in [0.3, 0.4) is 0 Å². The lowest BCUT2D eigenvalue weighted by atomic mass is 9.84. The Morgan fingerprint density at radius 3 is 2.42 bits per heavy atom. The summed E-state index contributed by atoms with van der Waals surface area (Å²) in [5, 5.41) is 0. The van der Waals surface area contributed by atoms with Crippen LogP contribution in [0.15, 0.2) is 35.9 Å². The summed E-state index contributed by atoms with van der Waals surface area (Å²) in [6.45, 7) is 1.93. The normalized spacial score (nSPS) is 31.5. The van der Waals surface area contributed by atoms with Crippen molar-refractivity contribution >= 4 is 11.5 Å². The first-order chi connectivity index (χ1) is 11.7. The van der Waals surface area contributed by atoms with E-state index in [2.05, 4.69) is 0 Å². The summed E-state index contributed by atoms with van der Waals surface area (Å²) in [6.07, 6.45) is 9.92. The van der Waals surface area contributed by atoms with Gasteiger partial charge in [-0.2, -0.15) is 0 Å². The molecule has 2 atom stereocenters. The molecule has 4 rings (SSSR count). The fourth-order valence-electron chi connectivity index (χ4n) is 4.63. The number of ether oxygens (including phenoxy) is 2. The molecule has 2 fully saturated rings. The highest BCUT2D eigenvalue weighted by atomic mass is 16.7. The molecule has 3 heteroatoms. The molecule has 1 saturated carbocycles. The van der Waals surface area contributed by atoms with Crippen LogP contribution in [-0.4, -0.2) is 17.9 Å². The van der Waals surface area contributed by atoms with Crippen LogP contribution in [0.25, 0.3) is 5.57 Å². The third-order valence-electron chi connectivity index (χ3n) is 5.88. The van der Waals surface area contributed by atoms with Crippen LogP contribution in [0.4, 0.5) is 0 Å². The average molecular weight is 326 g/mol. The smallest absolute Gasteiger partial charge is 0.341 e. The first kappa shape index (κ1) is 15.9. The van der Waals surface area contributed by atoms with Gasteiger partial charge < -0.3 is 9.47 Å². The largest absolute Gasteiger partial charge is 0.426 e. The topological polar surface area (TPSA) is 35.5 Å². The average Bonchev–Trinajstić information content (AvgIpc) is 2.74. The van der Waals surface area contributed by atoms with Gasteiger partial charge in [-0.15, -0.1) is 0 Å². The van der Waals surface area contributed by atoms with Crippen LogP contribution in [0.1, 0.15) is 63.9 Å². The second kappa shape index (κ2) is 6.36. The third-order valence-corrected chi connectivity index (χ3v) is 5.88. The van der Waals surface area contributed by atoms with E-state index in [4.69, 9.17) is 9.47 Å². The standard InChI is InChI=1S/C21H26O3/c1-21-17(19(20(22)24-21)16-11-7-4-8-12-16)13-14-18(23-21)15-9-5-2-3-6-10-15/h4,7-8,11-12,15,18H,2-3,5-6,9-10,13-14H2,1H3/t18?,21-/m0/s1. The molecule has 0 spiro atoms. The van der Waals surface area contributed by atoms with Crippen molar-refractivity contribution in [2.75, 3.05) is 0 Å². The molecular formula is C21H26O3. The number of rotatable bonds is 2. The van der Waals surface area contributed by atoms with E-state index in [1.54, 1.807) is 0 Å². The molecule has 0 aromatic heterocycles. The number of carbonyl (C=O) groups is 1. The van der Waals surface area contributed by atoms with E-state index < -0.39 is 5.79 Å². The lowest BCUT2D eigenvalue weighted by Gasteiger charge is -2.39. The summed E-state index contributed by atoms with van der Waals surface area (Å²) in [6, 6.07) is 9.85. The van der Waals surface area contributed by atoms with Crippen molar-refractivity contribution in [1.82, 2.24) is 0 Å². The van der Waals surface area contributed by atoms with Crippen LogP contribution in [-0.2, 0) is 14.3 Å². The zero-order valence-electron chi connectivity index (χ0n) is 14.4. The Bertz CT molecular complexity index is 640. The second-order valence-electron chi connectivity index (χ2n) is 7.50. The molecule has 0 radical (unpaired) electrons. The van der Waals surface area contributed by atoms with E-state index in [-0.39, 0.29) is 12.1 Å². The van der Waals surface area contributed by atoms with Gasteiger partial charge in [0, 0.05) is 12.5 Å². The molecule has 3 aliphatic rings. The number of esters is 1. The van der Waals surface area contributed by atoms with Crippen molar-refractivity contribution in [3.63, 3.8) is 0 Å². The summed E-state index contributed by atoms with van der Waals surface area (Å²) in [7, 11) is 0. The second-order valence-corrected chi connectivity index (χ2v) is 7.50. The minimum atomic E-state index is -0.864. The van der Waals surface area contributed by atoms with E-state index in [1.807, 2.05) is 37.3 Å². The third kappa shape index (κ3) is 2.79. The Balaban J connectivity index is 1.60.